The van der Waals surface area contributed by atoms with Gasteiger partial charge in [0, 0.05) is 24.0 Å². The quantitative estimate of drug-likeness (QED) is 0.489. The molecule has 2 aromatic heterocycles. The Kier molecular flexibility index (Phi) is 5.97. The van der Waals surface area contributed by atoms with Crippen LogP contribution < -0.4 is 14.8 Å². The normalized spacial score (nSPS) is 19.2. The molecule has 3 aromatic rings. The molecule has 4 bridgehead atoms. The summed E-state index contributed by atoms with van der Waals surface area (Å²) < 4.78 is 41.0. The van der Waals surface area contributed by atoms with Crippen LogP contribution in [0, 0.1) is 0 Å². The summed E-state index contributed by atoms with van der Waals surface area (Å²) in [7, 11) is -4.19. The molecule has 2 aliphatic rings. The van der Waals surface area contributed by atoms with Crippen molar-refractivity contribution in [1.29, 1.82) is 0 Å². The summed E-state index contributed by atoms with van der Waals surface area (Å²) in [6.07, 6.45) is 5.85. The fraction of sp³-hybridized carbons (Fsp3) is 0.375. The largest absolute Gasteiger partial charge is 0.475 e. The van der Waals surface area contributed by atoms with E-state index in [9.17, 15) is 13.2 Å². The molecule has 5 rings (SSSR count). The van der Waals surface area contributed by atoms with Gasteiger partial charge < -0.3 is 14.8 Å². The second kappa shape index (κ2) is 8.97. The van der Waals surface area contributed by atoms with Crippen LogP contribution in [0.1, 0.15) is 31.4 Å². The van der Waals surface area contributed by atoms with Crippen LogP contribution in [0.4, 0.5) is 10.5 Å². The van der Waals surface area contributed by atoms with Crippen LogP contribution in [0.5, 0.6) is 5.88 Å². The zero-order chi connectivity index (χ0) is 24.6. The van der Waals surface area contributed by atoms with Gasteiger partial charge in [0.15, 0.2) is 5.03 Å². The monoisotopic (exact) mass is 497 g/mol. The molecule has 0 saturated carbocycles. The number of nitrogens with zero attached hydrogens (tertiary/aromatic N) is 3. The van der Waals surface area contributed by atoms with Crippen molar-refractivity contribution in [1.82, 2.24) is 19.5 Å². The molecule has 0 radical (unpaired) electrons. The Balaban J connectivity index is 1.56. The number of fused-ring (bicyclic) bond motifs is 8. The number of carbonyl (C=O) groups excluding carboxylic acids is 1. The Morgan fingerprint density at radius 2 is 1.97 bits per heavy atom. The summed E-state index contributed by atoms with van der Waals surface area (Å²) in [4.78, 5) is 17.2. The van der Waals surface area contributed by atoms with Gasteiger partial charge in [0.25, 0.3) is 10.0 Å². The molecule has 0 saturated heterocycles. The molecule has 0 spiro atoms. The zero-order valence-electron chi connectivity index (χ0n) is 19.6. The summed E-state index contributed by atoms with van der Waals surface area (Å²) in [5, 5.41) is 6.75. The van der Waals surface area contributed by atoms with Gasteiger partial charge in [-0.15, -0.1) is 0 Å². The van der Waals surface area contributed by atoms with Crippen LogP contribution in [0.3, 0.4) is 0 Å². The van der Waals surface area contributed by atoms with Crippen molar-refractivity contribution >= 4 is 21.7 Å². The molecule has 3 heterocycles. The van der Waals surface area contributed by atoms with Crippen LogP contribution in [-0.4, -0.2) is 49.0 Å². The number of urea groups is 1. The molecular weight excluding hydrogens is 470 g/mol. The first-order valence-corrected chi connectivity index (χ1v) is 12.9. The molecule has 0 fully saturated rings. The summed E-state index contributed by atoms with van der Waals surface area (Å²) >= 11 is 0. The summed E-state index contributed by atoms with van der Waals surface area (Å²) in [6, 6.07) is 8.11. The standard InChI is InChI=1S/C24H27N5O5S/c1-24(2)15-33-12-13-34-20-14-17(8-10-25-20)19-7-6-16-4-3-5-18(16)22(19)26-23(30)28-35(31,32)21-9-11-29(24)27-21/h6-11,14H,3-5,12-13,15H2,1-2H3,(H2,26,28,30). The number of nitrogens with one attached hydrogen (secondary N) is 2. The smallest absolute Gasteiger partial charge is 0.333 e. The van der Waals surface area contributed by atoms with Crippen molar-refractivity contribution in [2.45, 2.75) is 43.7 Å². The van der Waals surface area contributed by atoms with Crippen LogP contribution in [0.2, 0.25) is 0 Å². The van der Waals surface area contributed by atoms with Gasteiger partial charge in [-0.1, -0.05) is 12.1 Å². The molecular formula is C24H27N5O5S. The minimum Gasteiger partial charge on any atom is -0.475 e. The highest BCUT2D eigenvalue weighted by molar-refractivity contribution is 7.90. The first-order valence-electron chi connectivity index (χ1n) is 11.4. The minimum atomic E-state index is -4.19. The van der Waals surface area contributed by atoms with Crippen LogP contribution in [0.15, 0.2) is 47.8 Å². The van der Waals surface area contributed by atoms with Crippen molar-refractivity contribution in [2.24, 2.45) is 0 Å². The number of carbonyl (C=O) groups is 1. The summed E-state index contributed by atoms with van der Waals surface area (Å²) in [6.45, 7) is 4.64. The Labute approximate surface area is 203 Å². The molecule has 11 heteroatoms. The van der Waals surface area contributed by atoms with Crippen LogP contribution in [-0.2, 0) is 33.1 Å². The third-order valence-electron chi connectivity index (χ3n) is 6.19. The van der Waals surface area contributed by atoms with Gasteiger partial charge >= 0.3 is 6.03 Å². The van der Waals surface area contributed by atoms with Gasteiger partial charge in [0.1, 0.15) is 6.61 Å². The lowest BCUT2D eigenvalue weighted by molar-refractivity contribution is 0.0425. The fourth-order valence-corrected chi connectivity index (χ4v) is 5.24. The van der Waals surface area contributed by atoms with Crippen LogP contribution in [0.25, 0.3) is 11.1 Å². The molecule has 1 aromatic carbocycles. The van der Waals surface area contributed by atoms with E-state index in [1.54, 1.807) is 18.5 Å². The number of aromatic nitrogens is 3. The zero-order valence-corrected chi connectivity index (χ0v) is 20.4. The third-order valence-corrected chi connectivity index (χ3v) is 7.41. The number of hydrogen-bond donors (Lipinski definition) is 2. The predicted octanol–water partition coefficient (Wildman–Crippen LogP) is 3.09. The highest BCUT2D eigenvalue weighted by Crippen LogP contribution is 2.38. The predicted molar refractivity (Wildman–Crippen MR) is 129 cm³/mol. The number of aryl methyl sites for hydroxylation is 1. The molecule has 2 N–H and O–H groups in total. The van der Waals surface area contributed by atoms with Crippen LogP contribution >= 0.6 is 0 Å². The maximum Gasteiger partial charge on any atom is 0.333 e. The van der Waals surface area contributed by atoms with Crippen molar-refractivity contribution in [2.75, 3.05) is 25.1 Å². The number of amides is 2. The highest BCUT2D eigenvalue weighted by Gasteiger charge is 2.28. The van der Waals surface area contributed by atoms with E-state index < -0.39 is 21.6 Å². The molecule has 1 aliphatic heterocycles. The Morgan fingerprint density at radius 1 is 1.11 bits per heavy atom. The van der Waals surface area contributed by atoms with E-state index in [1.807, 2.05) is 32.0 Å². The van der Waals surface area contributed by atoms with Gasteiger partial charge in [-0.25, -0.2) is 14.5 Å². The van der Waals surface area contributed by atoms with Gasteiger partial charge in [0.05, 0.1) is 24.4 Å². The Bertz CT molecular complexity index is 1380. The second-order valence-electron chi connectivity index (χ2n) is 9.23. The lowest BCUT2D eigenvalue weighted by Gasteiger charge is -2.25. The van der Waals surface area contributed by atoms with E-state index in [0.29, 0.717) is 24.8 Å². The number of pyridine rings is 1. The topological polar surface area (TPSA) is 124 Å². The molecule has 1 aliphatic carbocycles. The number of rotatable bonds is 0. The molecule has 0 unspecified atom stereocenters. The van der Waals surface area contributed by atoms with E-state index in [-0.39, 0.29) is 11.6 Å². The van der Waals surface area contributed by atoms with Gasteiger partial charge in [-0.3, -0.25) is 4.68 Å². The minimum absolute atomic E-state index is 0.248. The first-order chi connectivity index (χ1) is 16.7. The number of sulfonamides is 1. The van der Waals surface area contributed by atoms with Crippen molar-refractivity contribution < 1.29 is 22.7 Å². The van der Waals surface area contributed by atoms with E-state index in [0.717, 1.165) is 41.5 Å². The molecule has 184 valence electrons. The molecule has 35 heavy (non-hydrogen) atoms. The number of anilines is 1. The van der Waals surface area contributed by atoms with E-state index >= 15 is 0 Å². The average molecular weight is 498 g/mol. The Hall–Kier alpha value is -3.44. The van der Waals surface area contributed by atoms with E-state index in [1.165, 1.54) is 10.7 Å². The number of ether oxygens (including phenoxy) is 2. The molecule has 0 atom stereocenters. The molecule has 2 amide bonds. The van der Waals surface area contributed by atoms with Crippen molar-refractivity contribution in [3.05, 3.63) is 53.9 Å². The highest BCUT2D eigenvalue weighted by atomic mass is 32.2. The lowest BCUT2D eigenvalue weighted by Crippen LogP contribution is -2.36. The maximum atomic E-state index is 12.9. The number of hydrogen-bond acceptors (Lipinski definition) is 7. The van der Waals surface area contributed by atoms with Crippen molar-refractivity contribution in [3.63, 3.8) is 0 Å². The van der Waals surface area contributed by atoms with Gasteiger partial charge in [-0.05, 0) is 61.9 Å². The number of benzene rings is 1. The second-order valence-corrected chi connectivity index (χ2v) is 10.9. The SMILES string of the molecule is CC1(C)COCCOc2cc(ccn2)-c2ccc3c(c2NC(=O)NS(=O)(=O)c2ccn1n2)CCC3. The van der Waals surface area contributed by atoms with Crippen molar-refractivity contribution in [3.8, 4) is 17.0 Å². The maximum absolute atomic E-state index is 12.9. The van der Waals surface area contributed by atoms with E-state index in [2.05, 4.69) is 20.1 Å². The summed E-state index contributed by atoms with van der Waals surface area (Å²) in [5.74, 6) is 0.432. The lowest BCUT2D eigenvalue weighted by atomic mass is 9.98. The first kappa shape index (κ1) is 23.3. The van der Waals surface area contributed by atoms with E-state index in [4.69, 9.17) is 9.47 Å². The third kappa shape index (κ3) is 4.73. The molecule has 10 nitrogen and oxygen atoms in total. The average Bonchev–Trinajstić information content (AvgIpc) is 3.49. The summed E-state index contributed by atoms with van der Waals surface area (Å²) in [5.41, 5.74) is 3.65. The van der Waals surface area contributed by atoms with Gasteiger partial charge in [-0.2, -0.15) is 13.5 Å². The Morgan fingerprint density at radius 3 is 2.83 bits per heavy atom. The fourth-order valence-electron chi connectivity index (χ4n) is 4.40. The van der Waals surface area contributed by atoms with Gasteiger partial charge in [0.2, 0.25) is 5.88 Å².